The summed E-state index contributed by atoms with van der Waals surface area (Å²) in [5.41, 5.74) is 0. The van der Waals surface area contributed by atoms with Gasteiger partial charge in [-0.15, -0.1) is 0 Å². The Hall–Kier alpha value is -0.290. The molecule has 14 heavy (non-hydrogen) atoms. The first kappa shape index (κ1) is 11.8. The molecule has 0 bridgehead atoms. The molecule has 0 aromatic carbocycles. The second-order valence-corrected chi connectivity index (χ2v) is 4.05. The van der Waals surface area contributed by atoms with Gasteiger partial charge < -0.3 is 4.74 Å². The highest BCUT2D eigenvalue weighted by atomic mass is 19.4. The minimum Gasteiger partial charge on any atom is -0.366 e. The van der Waals surface area contributed by atoms with Crippen LogP contribution in [0.1, 0.15) is 13.8 Å². The SMILES string of the molecule is CC(C)CN1CCOC(C(F)(F)F)C1. The van der Waals surface area contributed by atoms with E-state index in [-0.39, 0.29) is 13.2 Å². The zero-order valence-corrected chi connectivity index (χ0v) is 8.47. The van der Waals surface area contributed by atoms with Crippen molar-refractivity contribution in [3.05, 3.63) is 0 Å². The van der Waals surface area contributed by atoms with E-state index < -0.39 is 12.3 Å². The van der Waals surface area contributed by atoms with E-state index in [1.165, 1.54) is 0 Å². The number of nitrogens with zero attached hydrogens (tertiary/aromatic N) is 1. The largest absolute Gasteiger partial charge is 0.415 e. The van der Waals surface area contributed by atoms with E-state index in [2.05, 4.69) is 4.74 Å². The number of rotatable bonds is 2. The minimum absolute atomic E-state index is 0.0261. The Morgan fingerprint density at radius 2 is 2.07 bits per heavy atom. The molecule has 1 aliphatic heterocycles. The van der Waals surface area contributed by atoms with Gasteiger partial charge in [0.1, 0.15) is 0 Å². The molecule has 1 unspecified atom stereocenters. The molecule has 0 N–H and O–H groups in total. The molecule has 84 valence electrons. The molecule has 1 saturated heterocycles. The molecule has 0 saturated carbocycles. The molecule has 0 aromatic heterocycles. The number of hydrogen-bond acceptors (Lipinski definition) is 2. The molecule has 1 atom stereocenters. The van der Waals surface area contributed by atoms with Gasteiger partial charge in [0.2, 0.25) is 0 Å². The van der Waals surface area contributed by atoms with E-state index in [4.69, 9.17) is 0 Å². The molecule has 2 nitrogen and oxygen atoms in total. The summed E-state index contributed by atoms with van der Waals surface area (Å²) in [5, 5.41) is 0. The highest BCUT2D eigenvalue weighted by Crippen LogP contribution is 2.25. The van der Waals surface area contributed by atoms with Crippen LogP contribution in [0.25, 0.3) is 0 Å². The summed E-state index contributed by atoms with van der Waals surface area (Å²) in [6.07, 6.45) is -5.83. The molecule has 1 heterocycles. The molecule has 0 radical (unpaired) electrons. The first-order chi connectivity index (χ1) is 6.39. The lowest BCUT2D eigenvalue weighted by Crippen LogP contribution is -2.49. The van der Waals surface area contributed by atoms with Gasteiger partial charge in [0.05, 0.1) is 6.61 Å². The van der Waals surface area contributed by atoms with Crippen LogP contribution in [-0.2, 0) is 4.74 Å². The predicted molar refractivity (Wildman–Crippen MR) is 47.1 cm³/mol. The Balaban J connectivity index is 2.44. The minimum atomic E-state index is -4.23. The summed E-state index contributed by atoms with van der Waals surface area (Å²) in [6.45, 7) is 5.45. The van der Waals surface area contributed by atoms with E-state index in [9.17, 15) is 13.2 Å². The summed E-state index contributed by atoms with van der Waals surface area (Å²) in [4.78, 5) is 1.81. The van der Waals surface area contributed by atoms with Crippen LogP contribution in [0.4, 0.5) is 13.2 Å². The molecule has 1 fully saturated rings. The Labute approximate surface area is 82.0 Å². The van der Waals surface area contributed by atoms with Crippen molar-refractivity contribution in [3.8, 4) is 0 Å². The van der Waals surface area contributed by atoms with Gasteiger partial charge in [-0.25, -0.2) is 0 Å². The fourth-order valence-electron chi connectivity index (χ4n) is 1.58. The van der Waals surface area contributed by atoms with Crippen LogP contribution < -0.4 is 0 Å². The first-order valence-corrected chi connectivity index (χ1v) is 4.80. The van der Waals surface area contributed by atoms with Crippen LogP contribution in [0.15, 0.2) is 0 Å². The first-order valence-electron chi connectivity index (χ1n) is 4.80. The number of halogens is 3. The molecule has 1 aliphatic rings. The van der Waals surface area contributed by atoms with Crippen LogP contribution in [0.5, 0.6) is 0 Å². The van der Waals surface area contributed by atoms with Crippen molar-refractivity contribution in [2.75, 3.05) is 26.2 Å². The predicted octanol–water partition coefficient (Wildman–Crippen LogP) is 1.91. The number of alkyl halides is 3. The Morgan fingerprint density at radius 1 is 1.43 bits per heavy atom. The smallest absolute Gasteiger partial charge is 0.366 e. The van der Waals surface area contributed by atoms with Crippen LogP contribution in [0, 0.1) is 5.92 Å². The van der Waals surface area contributed by atoms with E-state index >= 15 is 0 Å². The summed E-state index contributed by atoms with van der Waals surface area (Å²) >= 11 is 0. The van der Waals surface area contributed by atoms with Gasteiger partial charge in [-0.1, -0.05) is 13.8 Å². The maximum atomic E-state index is 12.3. The fraction of sp³-hybridized carbons (Fsp3) is 1.00. The maximum absolute atomic E-state index is 12.3. The second kappa shape index (κ2) is 4.49. The fourth-order valence-corrected chi connectivity index (χ4v) is 1.58. The lowest BCUT2D eigenvalue weighted by molar-refractivity contribution is -0.237. The summed E-state index contributed by atoms with van der Waals surface area (Å²) in [7, 11) is 0. The van der Waals surface area contributed by atoms with E-state index in [1.807, 2.05) is 18.7 Å². The third-order valence-corrected chi connectivity index (χ3v) is 2.14. The molecule has 5 heteroatoms. The maximum Gasteiger partial charge on any atom is 0.415 e. The molecule has 0 amide bonds. The van der Waals surface area contributed by atoms with Gasteiger partial charge in [0.25, 0.3) is 0 Å². The summed E-state index contributed by atoms with van der Waals surface area (Å²) < 4.78 is 41.6. The average molecular weight is 211 g/mol. The summed E-state index contributed by atoms with van der Waals surface area (Å²) in [6, 6.07) is 0. The van der Waals surface area contributed by atoms with Gasteiger partial charge in [0, 0.05) is 19.6 Å². The average Bonchev–Trinajstić information content (AvgIpc) is 2.01. The van der Waals surface area contributed by atoms with Crippen LogP contribution in [0.3, 0.4) is 0 Å². The van der Waals surface area contributed by atoms with Crippen LogP contribution in [-0.4, -0.2) is 43.4 Å². The molecule has 1 rings (SSSR count). The third kappa shape index (κ3) is 3.46. The van der Waals surface area contributed by atoms with Gasteiger partial charge in [-0.05, 0) is 5.92 Å². The third-order valence-electron chi connectivity index (χ3n) is 2.14. The Morgan fingerprint density at radius 3 is 2.57 bits per heavy atom. The molecule has 0 aliphatic carbocycles. The van der Waals surface area contributed by atoms with Crippen molar-refractivity contribution in [1.29, 1.82) is 0 Å². The molecule has 0 spiro atoms. The second-order valence-electron chi connectivity index (χ2n) is 4.05. The standard InChI is InChI=1S/C9H16F3NO/c1-7(2)5-13-3-4-14-8(6-13)9(10,11)12/h7-8H,3-6H2,1-2H3. The van der Waals surface area contributed by atoms with Gasteiger partial charge in [0.15, 0.2) is 6.10 Å². The Bertz CT molecular complexity index is 181. The van der Waals surface area contributed by atoms with Crippen molar-refractivity contribution in [2.45, 2.75) is 26.1 Å². The van der Waals surface area contributed by atoms with Crippen molar-refractivity contribution in [1.82, 2.24) is 4.90 Å². The highest BCUT2D eigenvalue weighted by molar-refractivity contribution is 4.77. The van der Waals surface area contributed by atoms with E-state index in [0.717, 1.165) is 0 Å². The van der Waals surface area contributed by atoms with Crippen molar-refractivity contribution in [2.24, 2.45) is 5.92 Å². The molecular weight excluding hydrogens is 195 g/mol. The van der Waals surface area contributed by atoms with Crippen LogP contribution >= 0.6 is 0 Å². The number of morpholine rings is 1. The van der Waals surface area contributed by atoms with Crippen molar-refractivity contribution in [3.63, 3.8) is 0 Å². The lowest BCUT2D eigenvalue weighted by atomic mass is 10.2. The zero-order valence-electron chi connectivity index (χ0n) is 8.47. The zero-order chi connectivity index (χ0) is 10.8. The van der Waals surface area contributed by atoms with Gasteiger partial charge in [-0.2, -0.15) is 13.2 Å². The molecule has 0 aromatic rings. The van der Waals surface area contributed by atoms with Gasteiger partial charge in [-0.3, -0.25) is 4.90 Å². The van der Waals surface area contributed by atoms with Crippen molar-refractivity contribution >= 4 is 0 Å². The van der Waals surface area contributed by atoms with Crippen molar-refractivity contribution < 1.29 is 17.9 Å². The normalized spacial score (nSPS) is 25.7. The number of hydrogen-bond donors (Lipinski definition) is 0. The highest BCUT2D eigenvalue weighted by Gasteiger charge is 2.43. The van der Waals surface area contributed by atoms with Crippen LogP contribution in [0.2, 0.25) is 0 Å². The lowest BCUT2D eigenvalue weighted by Gasteiger charge is -2.34. The Kier molecular flexibility index (Phi) is 3.78. The van der Waals surface area contributed by atoms with Gasteiger partial charge >= 0.3 is 6.18 Å². The topological polar surface area (TPSA) is 12.5 Å². The van der Waals surface area contributed by atoms with E-state index in [1.54, 1.807) is 0 Å². The monoisotopic (exact) mass is 211 g/mol. The number of ether oxygens (including phenoxy) is 1. The summed E-state index contributed by atoms with van der Waals surface area (Å²) in [5.74, 6) is 0.391. The quantitative estimate of drug-likeness (QED) is 0.691. The van der Waals surface area contributed by atoms with E-state index in [0.29, 0.717) is 19.0 Å². The molecular formula is C9H16F3NO.